The minimum absolute atomic E-state index is 0.0790. The van der Waals surface area contributed by atoms with Gasteiger partial charge in [-0.05, 0) is 104 Å². The lowest BCUT2D eigenvalue weighted by Crippen LogP contribution is -2.51. The Kier molecular flexibility index (Phi) is 8.87. The quantitative estimate of drug-likeness (QED) is 0.188. The standard InChI is InChI=1S/C40H36F2N8O3.C6H8N2O2/c1-22-12-27(13-23(2)35(22)41)50-37(49-11-10-48(39(49)52)34-7-6-33-28(36(34)42)18-43-46(33)3)29-19-47(9-8-31(29)45-50)38(51)32-15-25-14-24(4-5-30(25)44-32)26-16-40(17-26)20-53-21-40;1-3-2-4(3)5-7-6(9)10-8-5/h4-7,10-15,18,26,44H,8-9,16-17,19-21H2,1-3H3;3-4H,2H2,1H3,(H,7,8,9). The summed E-state index contributed by atoms with van der Waals surface area (Å²) in [5.41, 5.74) is 6.04. The number of fused-ring (bicyclic) bond motifs is 3. The van der Waals surface area contributed by atoms with Crippen molar-refractivity contribution in [2.75, 3.05) is 19.8 Å². The SMILES string of the molecule is CC1CC1c1noc(=O)[nH]1.Cc1cc(-n2nc3c(c2-n2ccn(-c4ccc5c(cnn5C)c4F)c2=O)CN(C(=O)c2cc4cc(C5CC6(COC6)C5)ccc4[nH]2)CC3)cc(C)c1F. The Morgan fingerprint density at radius 1 is 0.952 bits per heavy atom. The van der Waals surface area contributed by atoms with Crippen molar-refractivity contribution in [1.29, 1.82) is 0 Å². The molecule has 5 aromatic heterocycles. The van der Waals surface area contributed by atoms with E-state index in [0.29, 0.717) is 86.8 Å². The summed E-state index contributed by atoms with van der Waals surface area (Å²) in [6.45, 7) is 7.81. The largest absolute Gasteiger partial charge is 0.438 e. The minimum atomic E-state index is -0.567. The van der Waals surface area contributed by atoms with Gasteiger partial charge in [-0.1, -0.05) is 18.1 Å². The van der Waals surface area contributed by atoms with Gasteiger partial charge in [0.2, 0.25) is 0 Å². The summed E-state index contributed by atoms with van der Waals surface area (Å²) in [4.78, 5) is 46.5. The molecule has 2 atom stereocenters. The Morgan fingerprint density at radius 3 is 2.41 bits per heavy atom. The molecule has 17 heteroatoms. The van der Waals surface area contributed by atoms with Crippen molar-refractivity contribution < 1.29 is 22.8 Å². The van der Waals surface area contributed by atoms with Crippen LogP contribution in [0.2, 0.25) is 0 Å². The monoisotopic (exact) mass is 854 g/mol. The van der Waals surface area contributed by atoms with Crippen LogP contribution in [0.5, 0.6) is 0 Å². The first kappa shape index (κ1) is 39.0. The highest BCUT2D eigenvalue weighted by Gasteiger charge is 2.50. The van der Waals surface area contributed by atoms with Gasteiger partial charge >= 0.3 is 11.4 Å². The number of aromatic amines is 2. The lowest BCUT2D eigenvalue weighted by molar-refractivity contribution is -0.164. The van der Waals surface area contributed by atoms with Gasteiger partial charge in [-0.15, -0.1) is 0 Å². The number of aromatic nitrogens is 9. The number of halogens is 2. The number of carbonyl (C=O) groups excluding carboxylic acids is 1. The van der Waals surface area contributed by atoms with Gasteiger partial charge in [0, 0.05) is 60.2 Å². The first-order chi connectivity index (χ1) is 30.3. The van der Waals surface area contributed by atoms with Crippen LogP contribution in [0.15, 0.2) is 81.2 Å². The van der Waals surface area contributed by atoms with E-state index in [-0.39, 0.29) is 24.0 Å². The number of hydrogen-bond acceptors (Lipinski definition) is 8. The fourth-order valence-corrected chi connectivity index (χ4v) is 9.74. The number of aryl methyl sites for hydroxylation is 3. The molecule has 15 nitrogen and oxygen atoms in total. The molecule has 1 amide bonds. The van der Waals surface area contributed by atoms with E-state index in [1.165, 1.54) is 27.1 Å². The second-order valence-corrected chi connectivity index (χ2v) is 17.9. The smallest absolute Gasteiger partial charge is 0.380 e. The number of carbonyl (C=O) groups is 1. The summed E-state index contributed by atoms with van der Waals surface area (Å²) in [6.07, 6.45) is 8.36. The van der Waals surface area contributed by atoms with Crippen LogP contribution in [0, 0.1) is 36.8 Å². The number of benzene rings is 3. The summed E-state index contributed by atoms with van der Waals surface area (Å²) in [7, 11) is 1.73. The third kappa shape index (κ3) is 6.46. The van der Waals surface area contributed by atoms with Gasteiger partial charge in [0.25, 0.3) is 5.91 Å². The van der Waals surface area contributed by atoms with Crippen molar-refractivity contribution >= 4 is 27.7 Å². The van der Waals surface area contributed by atoms with Gasteiger partial charge in [0.05, 0.1) is 53.9 Å². The van der Waals surface area contributed by atoms with Crippen LogP contribution in [-0.2, 0) is 24.8 Å². The molecule has 2 saturated carbocycles. The van der Waals surface area contributed by atoms with Crippen molar-refractivity contribution in [3.63, 3.8) is 0 Å². The maximum absolute atomic E-state index is 15.8. The second kappa shape index (κ2) is 14.3. The van der Waals surface area contributed by atoms with E-state index in [9.17, 15) is 18.8 Å². The molecule has 7 heterocycles. The average Bonchev–Trinajstić information content (AvgIpc) is 3.81. The third-order valence-electron chi connectivity index (χ3n) is 13.5. The van der Waals surface area contributed by atoms with Crippen LogP contribution in [0.3, 0.4) is 0 Å². The van der Waals surface area contributed by atoms with Gasteiger partial charge in [-0.2, -0.15) is 10.2 Å². The topological polar surface area (TPSA) is 167 Å². The van der Waals surface area contributed by atoms with Crippen LogP contribution < -0.4 is 11.4 Å². The number of nitrogens with zero attached hydrogens (tertiary/aromatic N) is 8. The van der Waals surface area contributed by atoms with E-state index < -0.39 is 17.3 Å². The lowest BCUT2D eigenvalue weighted by atomic mass is 9.59. The highest BCUT2D eigenvalue weighted by molar-refractivity contribution is 5.98. The van der Waals surface area contributed by atoms with E-state index in [2.05, 4.69) is 49.9 Å². The highest BCUT2D eigenvalue weighted by Crippen LogP contribution is 2.55. The van der Waals surface area contributed by atoms with Crippen LogP contribution in [-0.4, -0.2) is 74.4 Å². The van der Waals surface area contributed by atoms with Crippen molar-refractivity contribution in [2.24, 2.45) is 18.4 Å². The molecule has 322 valence electrons. The summed E-state index contributed by atoms with van der Waals surface area (Å²) in [5.74, 6) is 1.22. The lowest BCUT2D eigenvalue weighted by Gasteiger charge is -2.53. The predicted octanol–water partition coefficient (Wildman–Crippen LogP) is 6.66. The molecular weight excluding hydrogens is 811 g/mol. The average molecular weight is 855 g/mol. The molecule has 12 rings (SSSR count). The van der Waals surface area contributed by atoms with Gasteiger partial charge in [-0.25, -0.2) is 23.1 Å². The molecule has 0 bridgehead atoms. The van der Waals surface area contributed by atoms with Crippen molar-refractivity contribution in [2.45, 2.75) is 64.8 Å². The minimum Gasteiger partial charge on any atom is -0.380 e. The molecular formula is C46H44F2N10O5. The van der Waals surface area contributed by atoms with E-state index in [0.717, 1.165) is 49.1 Å². The Hall–Kier alpha value is -6.88. The molecule has 2 aliphatic heterocycles. The molecule has 0 radical (unpaired) electrons. The van der Waals surface area contributed by atoms with E-state index in [1.807, 2.05) is 6.07 Å². The Bertz CT molecular complexity index is 3240. The van der Waals surface area contributed by atoms with Crippen LogP contribution in [0.25, 0.3) is 39.0 Å². The maximum Gasteiger partial charge on any atom is 0.438 e. The Balaban J connectivity index is 0.000000390. The predicted molar refractivity (Wildman–Crippen MR) is 228 cm³/mol. The van der Waals surface area contributed by atoms with Crippen LogP contribution in [0.4, 0.5) is 8.78 Å². The number of hydrogen-bond donors (Lipinski definition) is 2. The molecule has 2 N–H and O–H groups in total. The maximum atomic E-state index is 15.8. The fourth-order valence-electron chi connectivity index (χ4n) is 9.74. The molecule has 2 aliphatic carbocycles. The van der Waals surface area contributed by atoms with Crippen LogP contribution >= 0.6 is 0 Å². The van der Waals surface area contributed by atoms with Crippen molar-refractivity contribution in [3.05, 3.63) is 139 Å². The fraction of sp³-hybridized carbons (Fsp3) is 0.348. The first-order valence-corrected chi connectivity index (χ1v) is 21.2. The molecule has 1 saturated heterocycles. The molecule has 8 aromatic rings. The number of amides is 1. The summed E-state index contributed by atoms with van der Waals surface area (Å²) in [6, 6.07) is 15.0. The van der Waals surface area contributed by atoms with E-state index in [4.69, 9.17) is 9.84 Å². The van der Waals surface area contributed by atoms with Gasteiger partial charge in [0.1, 0.15) is 17.3 Å². The first-order valence-electron chi connectivity index (χ1n) is 21.2. The van der Waals surface area contributed by atoms with Gasteiger partial charge < -0.3 is 14.6 Å². The summed E-state index contributed by atoms with van der Waals surface area (Å²) >= 11 is 0. The third-order valence-corrected chi connectivity index (χ3v) is 13.5. The van der Waals surface area contributed by atoms with Crippen molar-refractivity contribution in [1.82, 2.24) is 48.7 Å². The number of imidazole rings is 1. The van der Waals surface area contributed by atoms with E-state index in [1.54, 1.807) is 65.6 Å². The van der Waals surface area contributed by atoms with Gasteiger partial charge in [-0.3, -0.25) is 28.1 Å². The summed E-state index contributed by atoms with van der Waals surface area (Å²) in [5, 5.41) is 14.0. The normalized spacial score (nSPS) is 18.9. The molecule has 63 heavy (non-hydrogen) atoms. The van der Waals surface area contributed by atoms with Crippen LogP contribution in [0.1, 0.15) is 82.3 Å². The molecule has 3 fully saturated rings. The zero-order valence-electron chi connectivity index (χ0n) is 35.1. The van der Waals surface area contributed by atoms with E-state index >= 15 is 4.39 Å². The number of ether oxygens (including phenoxy) is 1. The number of nitrogens with one attached hydrogen (secondary N) is 2. The summed E-state index contributed by atoms with van der Waals surface area (Å²) < 4.78 is 46.3. The zero-order valence-corrected chi connectivity index (χ0v) is 35.1. The Morgan fingerprint density at radius 2 is 1.71 bits per heavy atom. The highest BCUT2D eigenvalue weighted by atomic mass is 19.1. The molecule has 3 aromatic carbocycles. The Labute approximate surface area is 357 Å². The number of H-pyrrole nitrogens is 2. The van der Waals surface area contributed by atoms with Gasteiger partial charge in [0.15, 0.2) is 11.6 Å². The number of rotatable bonds is 6. The molecule has 2 unspecified atom stereocenters. The molecule has 1 spiro atoms. The van der Waals surface area contributed by atoms with Crippen molar-refractivity contribution in [3.8, 4) is 17.2 Å². The molecule has 4 aliphatic rings. The zero-order chi connectivity index (χ0) is 43.5. The second-order valence-electron chi connectivity index (χ2n) is 17.9.